The summed E-state index contributed by atoms with van der Waals surface area (Å²) in [5.41, 5.74) is 0. The number of benzene rings is 1. The van der Waals surface area contributed by atoms with Crippen LogP contribution >= 0.6 is 23.2 Å². The standard InChI is InChI=1S/C14H11Cl2NO4/c15-9-7-12(16)14(17-8-9)21-11-3-1-10(2-4-11)20-6-5-13(18)19/h1-4,7-8H,5-6H2,(H,18,19). The van der Waals surface area contributed by atoms with Crippen molar-refractivity contribution in [3.63, 3.8) is 0 Å². The van der Waals surface area contributed by atoms with Gasteiger partial charge >= 0.3 is 5.97 Å². The zero-order chi connectivity index (χ0) is 15.2. The molecule has 7 heteroatoms. The van der Waals surface area contributed by atoms with Crippen LogP contribution in [0.4, 0.5) is 0 Å². The number of carboxylic acids is 1. The van der Waals surface area contributed by atoms with Gasteiger partial charge in [-0.3, -0.25) is 4.79 Å². The number of aliphatic carboxylic acids is 1. The van der Waals surface area contributed by atoms with Crippen LogP contribution in [0.5, 0.6) is 17.4 Å². The Kier molecular flexibility index (Phi) is 5.25. The van der Waals surface area contributed by atoms with E-state index in [1.165, 1.54) is 12.3 Å². The zero-order valence-electron chi connectivity index (χ0n) is 10.8. The highest BCUT2D eigenvalue weighted by Crippen LogP contribution is 2.29. The zero-order valence-corrected chi connectivity index (χ0v) is 12.3. The Morgan fingerprint density at radius 1 is 1.19 bits per heavy atom. The van der Waals surface area contributed by atoms with Gasteiger partial charge in [0, 0.05) is 6.20 Å². The van der Waals surface area contributed by atoms with Gasteiger partial charge in [-0.05, 0) is 30.3 Å². The molecule has 0 saturated heterocycles. The Balaban J connectivity index is 1.97. The summed E-state index contributed by atoms with van der Waals surface area (Å²) in [6.07, 6.45) is 1.38. The molecular formula is C14H11Cl2NO4. The van der Waals surface area contributed by atoms with Crippen LogP contribution in [0.25, 0.3) is 0 Å². The van der Waals surface area contributed by atoms with E-state index in [4.69, 9.17) is 37.8 Å². The molecule has 1 heterocycles. The normalized spacial score (nSPS) is 10.2. The van der Waals surface area contributed by atoms with Gasteiger partial charge in [-0.1, -0.05) is 23.2 Å². The van der Waals surface area contributed by atoms with Crippen molar-refractivity contribution in [2.24, 2.45) is 0 Å². The minimum atomic E-state index is -0.904. The molecule has 1 aromatic heterocycles. The number of hydrogen-bond donors (Lipinski definition) is 1. The molecule has 2 aromatic rings. The molecule has 0 aliphatic rings. The van der Waals surface area contributed by atoms with Crippen LogP contribution in [0.15, 0.2) is 36.5 Å². The number of aromatic nitrogens is 1. The lowest BCUT2D eigenvalue weighted by Crippen LogP contribution is -2.04. The number of carbonyl (C=O) groups is 1. The van der Waals surface area contributed by atoms with Crippen molar-refractivity contribution in [2.45, 2.75) is 6.42 Å². The molecule has 5 nitrogen and oxygen atoms in total. The summed E-state index contributed by atoms with van der Waals surface area (Å²) >= 11 is 11.7. The topological polar surface area (TPSA) is 68.7 Å². The third kappa shape index (κ3) is 4.81. The summed E-state index contributed by atoms with van der Waals surface area (Å²) < 4.78 is 10.8. The van der Waals surface area contributed by atoms with Crippen LogP contribution in [0, 0.1) is 0 Å². The van der Waals surface area contributed by atoms with Crippen molar-refractivity contribution in [1.82, 2.24) is 4.98 Å². The van der Waals surface area contributed by atoms with Gasteiger partial charge in [-0.2, -0.15) is 0 Å². The summed E-state index contributed by atoms with van der Waals surface area (Å²) in [6, 6.07) is 8.21. The number of rotatable bonds is 6. The van der Waals surface area contributed by atoms with Crippen LogP contribution in [0.2, 0.25) is 10.0 Å². The van der Waals surface area contributed by atoms with Crippen molar-refractivity contribution in [3.05, 3.63) is 46.6 Å². The molecule has 2 rings (SSSR count). The van der Waals surface area contributed by atoms with Crippen LogP contribution in [-0.2, 0) is 4.79 Å². The molecule has 0 saturated carbocycles. The number of nitrogens with zero attached hydrogens (tertiary/aromatic N) is 1. The monoisotopic (exact) mass is 327 g/mol. The van der Waals surface area contributed by atoms with Gasteiger partial charge in [0.15, 0.2) is 0 Å². The number of ether oxygens (including phenoxy) is 2. The largest absolute Gasteiger partial charge is 0.493 e. The van der Waals surface area contributed by atoms with E-state index >= 15 is 0 Å². The molecule has 21 heavy (non-hydrogen) atoms. The van der Waals surface area contributed by atoms with Gasteiger partial charge in [0.05, 0.1) is 18.1 Å². The van der Waals surface area contributed by atoms with Crippen molar-refractivity contribution in [3.8, 4) is 17.4 Å². The fourth-order valence-corrected chi connectivity index (χ4v) is 1.87. The summed E-state index contributed by atoms with van der Waals surface area (Å²) in [5.74, 6) is 0.426. The third-order valence-electron chi connectivity index (χ3n) is 2.40. The maximum absolute atomic E-state index is 10.4. The Morgan fingerprint density at radius 2 is 1.86 bits per heavy atom. The highest BCUT2D eigenvalue weighted by molar-refractivity contribution is 6.35. The van der Waals surface area contributed by atoms with Gasteiger partial charge in [0.1, 0.15) is 16.5 Å². The molecule has 0 fully saturated rings. The first kappa shape index (κ1) is 15.4. The van der Waals surface area contributed by atoms with Crippen molar-refractivity contribution < 1.29 is 19.4 Å². The number of hydrogen-bond acceptors (Lipinski definition) is 4. The third-order valence-corrected chi connectivity index (χ3v) is 2.87. The summed E-state index contributed by atoms with van der Waals surface area (Å²) in [5, 5.41) is 9.25. The van der Waals surface area contributed by atoms with E-state index in [1.807, 2.05) is 0 Å². The molecule has 1 aromatic carbocycles. The predicted molar refractivity (Wildman–Crippen MR) is 78.5 cm³/mol. The van der Waals surface area contributed by atoms with E-state index in [0.717, 1.165) is 0 Å². The molecule has 0 bridgehead atoms. The van der Waals surface area contributed by atoms with Crippen molar-refractivity contribution in [2.75, 3.05) is 6.61 Å². The number of carboxylic acid groups (broad SMARTS) is 1. The fourth-order valence-electron chi connectivity index (χ4n) is 1.45. The minimum absolute atomic E-state index is 0.0530. The van der Waals surface area contributed by atoms with E-state index < -0.39 is 5.97 Å². The first-order valence-electron chi connectivity index (χ1n) is 5.98. The highest BCUT2D eigenvalue weighted by Gasteiger charge is 2.06. The lowest BCUT2D eigenvalue weighted by molar-refractivity contribution is -0.137. The van der Waals surface area contributed by atoms with E-state index in [9.17, 15) is 4.79 Å². The predicted octanol–water partition coefficient (Wildman–Crippen LogP) is 4.03. The first-order chi connectivity index (χ1) is 10.0. The second kappa shape index (κ2) is 7.15. The number of halogens is 2. The van der Waals surface area contributed by atoms with Gasteiger partial charge in [-0.25, -0.2) is 4.98 Å². The molecular weight excluding hydrogens is 317 g/mol. The molecule has 0 spiro atoms. The van der Waals surface area contributed by atoms with E-state index in [0.29, 0.717) is 21.5 Å². The van der Waals surface area contributed by atoms with Crippen LogP contribution in [0.1, 0.15) is 6.42 Å². The summed E-state index contributed by atoms with van der Waals surface area (Å²) in [4.78, 5) is 14.4. The van der Waals surface area contributed by atoms with Gasteiger partial charge in [0.25, 0.3) is 0 Å². The number of pyridine rings is 1. The van der Waals surface area contributed by atoms with E-state index in [-0.39, 0.29) is 18.9 Å². The Labute approximate surface area is 131 Å². The van der Waals surface area contributed by atoms with Crippen LogP contribution in [-0.4, -0.2) is 22.7 Å². The molecule has 0 radical (unpaired) electrons. The van der Waals surface area contributed by atoms with Crippen molar-refractivity contribution in [1.29, 1.82) is 0 Å². The van der Waals surface area contributed by atoms with Gasteiger partial charge in [0.2, 0.25) is 5.88 Å². The van der Waals surface area contributed by atoms with Gasteiger partial charge in [-0.15, -0.1) is 0 Å². The lowest BCUT2D eigenvalue weighted by Gasteiger charge is -2.08. The van der Waals surface area contributed by atoms with Gasteiger partial charge < -0.3 is 14.6 Å². The SMILES string of the molecule is O=C(O)CCOc1ccc(Oc2ncc(Cl)cc2Cl)cc1. The average Bonchev–Trinajstić information content (AvgIpc) is 2.43. The molecule has 0 unspecified atom stereocenters. The second-order valence-corrected chi connectivity index (χ2v) is 4.85. The van der Waals surface area contributed by atoms with Crippen molar-refractivity contribution >= 4 is 29.2 Å². The molecule has 0 aliphatic heterocycles. The average molecular weight is 328 g/mol. The quantitative estimate of drug-likeness (QED) is 0.867. The minimum Gasteiger partial charge on any atom is -0.493 e. The van der Waals surface area contributed by atoms with Crippen LogP contribution in [0.3, 0.4) is 0 Å². The molecule has 0 aliphatic carbocycles. The Morgan fingerprint density at radius 3 is 2.48 bits per heavy atom. The first-order valence-corrected chi connectivity index (χ1v) is 6.74. The van der Waals surface area contributed by atoms with E-state index in [2.05, 4.69) is 4.98 Å². The fraction of sp³-hybridized carbons (Fsp3) is 0.143. The Bertz CT molecular complexity index is 631. The lowest BCUT2D eigenvalue weighted by atomic mass is 10.3. The molecule has 1 N–H and O–H groups in total. The summed E-state index contributed by atoms with van der Waals surface area (Å²) in [7, 11) is 0. The van der Waals surface area contributed by atoms with Crippen LogP contribution < -0.4 is 9.47 Å². The molecule has 110 valence electrons. The maximum Gasteiger partial charge on any atom is 0.306 e. The second-order valence-electron chi connectivity index (χ2n) is 4.01. The maximum atomic E-state index is 10.4. The molecule has 0 amide bonds. The summed E-state index contributed by atoms with van der Waals surface area (Å²) in [6.45, 7) is 0.111. The smallest absolute Gasteiger partial charge is 0.306 e. The van der Waals surface area contributed by atoms with E-state index in [1.54, 1.807) is 24.3 Å². The Hall–Kier alpha value is -1.98. The molecule has 0 atom stereocenters. The highest BCUT2D eigenvalue weighted by atomic mass is 35.5.